The van der Waals surface area contributed by atoms with Crippen LogP contribution in [0.5, 0.6) is 17.2 Å². The number of carbonyl (C=O) groups excluding carboxylic acids is 2. The summed E-state index contributed by atoms with van der Waals surface area (Å²) >= 11 is 6.19. The molecule has 1 aliphatic rings. The Morgan fingerprint density at radius 3 is 2.36 bits per heavy atom. The van der Waals surface area contributed by atoms with E-state index in [0.29, 0.717) is 54.7 Å². The van der Waals surface area contributed by atoms with Crippen molar-refractivity contribution in [2.75, 3.05) is 39.7 Å². The molecule has 3 rings (SSSR count). The van der Waals surface area contributed by atoms with Crippen molar-refractivity contribution in [2.45, 2.75) is 26.3 Å². The first kappa shape index (κ1) is 24.5. The molecule has 0 aromatic heterocycles. The molecular formula is C24H30ClN3O5. The Hall–Kier alpha value is -3.13. The number of likely N-dealkylation sites (tertiary alicyclic amines) is 1. The Kier molecular flexibility index (Phi) is 7.92. The highest BCUT2D eigenvalue weighted by atomic mass is 35.5. The molecular weight excluding hydrogens is 446 g/mol. The average molecular weight is 476 g/mol. The van der Waals surface area contributed by atoms with E-state index in [1.54, 1.807) is 24.1 Å². The molecule has 0 bridgehead atoms. The van der Waals surface area contributed by atoms with Gasteiger partial charge in [0.25, 0.3) is 0 Å². The Labute approximate surface area is 199 Å². The number of halogens is 1. The van der Waals surface area contributed by atoms with Gasteiger partial charge in [0.05, 0.1) is 32.0 Å². The highest BCUT2D eigenvalue weighted by Crippen LogP contribution is 2.37. The van der Waals surface area contributed by atoms with E-state index in [4.69, 9.17) is 25.8 Å². The maximum atomic E-state index is 12.9. The fourth-order valence-electron chi connectivity index (χ4n) is 3.76. The summed E-state index contributed by atoms with van der Waals surface area (Å²) in [5, 5.41) is 6.23. The van der Waals surface area contributed by atoms with Crippen LogP contribution in [0.4, 0.5) is 10.5 Å². The number of methoxy groups -OCH3 is 3. The van der Waals surface area contributed by atoms with Crippen LogP contribution in [0.3, 0.4) is 0 Å². The lowest BCUT2D eigenvalue weighted by atomic mass is 9.79. The number of benzene rings is 2. The fraction of sp³-hybridized carbons (Fsp3) is 0.417. The van der Waals surface area contributed by atoms with Crippen molar-refractivity contribution in [2.24, 2.45) is 5.41 Å². The molecule has 1 heterocycles. The quantitative estimate of drug-likeness (QED) is 0.622. The van der Waals surface area contributed by atoms with Crippen LogP contribution >= 0.6 is 11.6 Å². The number of carbonyl (C=O) groups is 2. The highest BCUT2D eigenvalue weighted by Gasteiger charge is 2.38. The maximum absolute atomic E-state index is 12.9. The smallest absolute Gasteiger partial charge is 0.321 e. The van der Waals surface area contributed by atoms with Gasteiger partial charge >= 0.3 is 6.03 Å². The molecule has 1 fully saturated rings. The molecule has 2 aromatic rings. The number of ether oxygens (including phenoxy) is 3. The number of piperidine rings is 1. The second kappa shape index (κ2) is 10.7. The van der Waals surface area contributed by atoms with E-state index in [-0.39, 0.29) is 11.9 Å². The van der Waals surface area contributed by atoms with Gasteiger partial charge < -0.3 is 29.7 Å². The van der Waals surface area contributed by atoms with Gasteiger partial charge in [-0.25, -0.2) is 4.79 Å². The topological polar surface area (TPSA) is 89.1 Å². The van der Waals surface area contributed by atoms with Crippen LogP contribution in [0.15, 0.2) is 36.4 Å². The largest absolute Gasteiger partial charge is 0.497 e. The molecule has 0 saturated carbocycles. The van der Waals surface area contributed by atoms with Crippen molar-refractivity contribution in [3.8, 4) is 17.2 Å². The molecule has 0 unspecified atom stereocenters. The van der Waals surface area contributed by atoms with Gasteiger partial charge in [-0.1, -0.05) is 30.7 Å². The average Bonchev–Trinajstić information content (AvgIpc) is 2.83. The van der Waals surface area contributed by atoms with E-state index < -0.39 is 5.41 Å². The van der Waals surface area contributed by atoms with Crippen LogP contribution in [0.1, 0.15) is 25.3 Å². The third-order valence-electron chi connectivity index (χ3n) is 6.01. The summed E-state index contributed by atoms with van der Waals surface area (Å²) in [7, 11) is 4.63. The Bertz CT molecular complexity index is 1010. The van der Waals surface area contributed by atoms with Crippen molar-refractivity contribution < 1.29 is 23.8 Å². The standard InChI is InChI=1S/C24H30ClN3O5/c1-24(22(29)26-15-16-6-5-7-17(12-16)31-2)8-10-28(11-9-24)23(30)27-19-13-18(25)20(32-3)14-21(19)33-4/h5-7,12-14H,8-11,15H2,1-4H3,(H,26,29)(H,27,30). The molecule has 2 aromatic carbocycles. The molecule has 0 radical (unpaired) electrons. The van der Waals surface area contributed by atoms with Crippen LogP contribution in [-0.2, 0) is 11.3 Å². The molecule has 2 N–H and O–H groups in total. The summed E-state index contributed by atoms with van der Waals surface area (Å²) in [6.07, 6.45) is 1.12. The van der Waals surface area contributed by atoms with E-state index in [2.05, 4.69) is 10.6 Å². The van der Waals surface area contributed by atoms with Crippen molar-refractivity contribution in [3.63, 3.8) is 0 Å². The predicted molar refractivity (Wildman–Crippen MR) is 127 cm³/mol. The van der Waals surface area contributed by atoms with Gasteiger partial charge in [-0.05, 0) is 36.6 Å². The van der Waals surface area contributed by atoms with E-state index in [9.17, 15) is 9.59 Å². The minimum atomic E-state index is -0.545. The first-order valence-electron chi connectivity index (χ1n) is 10.7. The summed E-state index contributed by atoms with van der Waals surface area (Å²) < 4.78 is 15.8. The molecule has 0 atom stereocenters. The van der Waals surface area contributed by atoms with Gasteiger partial charge in [-0.3, -0.25) is 4.79 Å². The minimum Gasteiger partial charge on any atom is -0.497 e. The third-order valence-corrected chi connectivity index (χ3v) is 6.30. The van der Waals surface area contributed by atoms with Gasteiger partial charge in [-0.15, -0.1) is 0 Å². The van der Waals surface area contributed by atoms with Crippen LogP contribution in [-0.4, -0.2) is 51.3 Å². The third kappa shape index (κ3) is 5.82. The van der Waals surface area contributed by atoms with Crippen LogP contribution in [0.2, 0.25) is 5.02 Å². The Morgan fingerprint density at radius 2 is 1.73 bits per heavy atom. The molecule has 1 aliphatic heterocycles. The zero-order valence-corrected chi connectivity index (χ0v) is 20.1. The second-order valence-electron chi connectivity index (χ2n) is 8.20. The SMILES string of the molecule is COc1cccc(CNC(=O)C2(C)CCN(C(=O)Nc3cc(Cl)c(OC)cc3OC)CC2)c1. The zero-order chi connectivity index (χ0) is 24.0. The summed E-state index contributed by atoms with van der Waals surface area (Å²) in [6, 6.07) is 10.5. The fourth-order valence-corrected chi connectivity index (χ4v) is 4.00. The van der Waals surface area contributed by atoms with Crippen LogP contribution in [0.25, 0.3) is 0 Å². The Balaban J connectivity index is 1.56. The lowest BCUT2D eigenvalue weighted by molar-refractivity contribution is -0.132. The van der Waals surface area contributed by atoms with Crippen LogP contribution < -0.4 is 24.8 Å². The van der Waals surface area contributed by atoms with Gasteiger partial charge in [0.2, 0.25) is 5.91 Å². The number of anilines is 1. The first-order valence-corrected chi connectivity index (χ1v) is 11.1. The van der Waals surface area contributed by atoms with E-state index >= 15 is 0 Å². The predicted octanol–water partition coefficient (Wildman–Crippen LogP) is 4.32. The number of nitrogens with one attached hydrogen (secondary N) is 2. The first-order chi connectivity index (χ1) is 15.8. The molecule has 1 saturated heterocycles. The molecule has 8 nitrogen and oxygen atoms in total. The highest BCUT2D eigenvalue weighted by molar-refractivity contribution is 6.32. The van der Waals surface area contributed by atoms with Gasteiger partial charge in [0, 0.05) is 31.1 Å². The summed E-state index contributed by atoms with van der Waals surface area (Å²) in [6.45, 7) is 3.28. The summed E-state index contributed by atoms with van der Waals surface area (Å²) in [5.41, 5.74) is 0.879. The number of hydrogen-bond acceptors (Lipinski definition) is 5. The van der Waals surface area contributed by atoms with E-state index in [0.717, 1.165) is 11.3 Å². The van der Waals surface area contributed by atoms with Gasteiger partial charge in [0.15, 0.2) is 0 Å². The maximum Gasteiger partial charge on any atom is 0.321 e. The summed E-state index contributed by atoms with van der Waals surface area (Å²) in [5.74, 6) is 1.64. The molecule has 3 amide bonds. The summed E-state index contributed by atoms with van der Waals surface area (Å²) in [4.78, 5) is 27.4. The van der Waals surface area contributed by atoms with Crippen molar-refractivity contribution in [3.05, 3.63) is 47.0 Å². The van der Waals surface area contributed by atoms with Crippen molar-refractivity contribution >= 4 is 29.2 Å². The van der Waals surface area contributed by atoms with Crippen molar-refractivity contribution in [1.82, 2.24) is 10.2 Å². The van der Waals surface area contributed by atoms with Crippen LogP contribution in [0, 0.1) is 5.41 Å². The lowest BCUT2D eigenvalue weighted by Crippen LogP contribution is -2.49. The Morgan fingerprint density at radius 1 is 1.03 bits per heavy atom. The molecule has 0 aliphatic carbocycles. The number of rotatable bonds is 7. The van der Waals surface area contributed by atoms with Gasteiger partial charge in [0.1, 0.15) is 17.2 Å². The zero-order valence-electron chi connectivity index (χ0n) is 19.4. The normalized spacial score (nSPS) is 14.9. The number of hydrogen-bond donors (Lipinski definition) is 2. The number of nitrogens with zero attached hydrogens (tertiary/aromatic N) is 1. The lowest BCUT2D eigenvalue weighted by Gasteiger charge is -2.38. The number of urea groups is 1. The molecule has 0 spiro atoms. The molecule has 33 heavy (non-hydrogen) atoms. The van der Waals surface area contributed by atoms with E-state index in [1.807, 2.05) is 31.2 Å². The number of amides is 3. The molecule has 178 valence electrons. The monoisotopic (exact) mass is 475 g/mol. The van der Waals surface area contributed by atoms with Gasteiger partial charge in [-0.2, -0.15) is 0 Å². The van der Waals surface area contributed by atoms with E-state index in [1.165, 1.54) is 14.2 Å². The molecule has 9 heteroatoms. The minimum absolute atomic E-state index is 0.0195. The second-order valence-corrected chi connectivity index (χ2v) is 8.61. The van der Waals surface area contributed by atoms with Crippen molar-refractivity contribution in [1.29, 1.82) is 0 Å².